The van der Waals surface area contributed by atoms with Crippen LogP contribution in [0.25, 0.3) is 0 Å². The van der Waals surface area contributed by atoms with Crippen LogP contribution < -0.4 is 5.50 Å². The van der Waals surface area contributed by atoms with Gasteiger partial charge in [0.1, 0.15) is 0 Å². The lowest BCUT2D eigenvalue weighted by Crippen LogP contribution is -2.30. The molecule has 0 rings (SSSR count). The molecular formula is C6H17N2OPS. The van der Waals surface area contributed by atoms with Gasteiger partial charge in [0, 0.05) is 12.1 Å². The molecular weight excluding hydrogens is 179 g/mol. The van der Waals surface area contributed by atoms with Crippen molar-refractivity contribution in [2.75, 3.05) is 0 Å². The molecule has 0 spiro atoms. The van der Waals surface area contributed by atoms with E-state index < -0.39 is 7.50 Å². The molecule has 0 aliphatic heterocycles. The van der Waals surface area contributed by atoms with Crippen molar-refractivity contribution in [1.82, 2.24) is 4.31 Å². The van der Waals surface area contributed by atoms with Crippen LogP contribution in [0, 0.1) is 0 Å². The molecule has 3 nitrogen and oxygen atoms in total. The lowest BCUT2D eigenvalue weighted by atomic mass is 10.3. The Kier molecular flexibility index (Phi) is 5.65. The molecule has 0 radical (unpaired) electrons. The molecule has 0 aromatic heterocycles. The van der Waals surface area contributed by atoms with Gasteiger partial charge in [-0.15, -0.1) is 0 Å². The van der Waals surface area contributed by atoms with E-state index in [0.717, 1.165) is 0 Å². The Balaban J connectivity index is 3.90. The van der Waals surface area contributed by atoms with Gasteiger partial charge in [-0.1, -0.05) is 0 Å². The summed E-state index contributed by atoms with van der Waals surface area (Å²) in [6.45, 7) is 8.36. The van der Waals surface area contributed by atoms with Crippen LogP contribution in [0.2, 0.25) is 0 Å². The van der Waals surface area contributed by atoms with Crippen molar-refractivity contribution in [3.05, 3.63) is 0 Å². The predicted octanol–water partition coefficient (Wildman–Crippen LogP) is 1.93. The van der Waals surface area contributed by atoms with E-state index in [1.165, 1.54) is 11.6 Å². The Bertz CT molecular complexity index is 103. The molecule has 0 saturated heterocycles. The molecule has 3 N–H and O–H groups in total. The second-order valence-electron chi connectivity index (χ2n) is 2.93. The largest absolute Gasteiger partial charge is 0.351 e. The van der Waals surface area contributed by atoms with E-state index in [4.69, 9.17) is 10.4 Å². The first-order valence-electron chi connectivity index (χ1n) is 3.65. The summed E-state index contributed by atoms with van der Waals surface area (Å²) in [6.07, 6.45) is 0. The van der Waals surface area contributed by atoms with Crippen LogP contribution in [0.15, 0.2) is 0 Å². The highest BCUT2D eigenvalue weighted by Gasteiger charge is 2.16. The van der Waals surface area contributed by atoms with Gasteiger partial charge in [-0.3, -0.25) is 5.50 Å². The van der Waals surface area contributed by atoms with E-state index >= 15 is 0 Å². The zero-order valence-corrected chi connectivity index (χ0v) is 9.19. The Morgan fingerprint density at radius 2 is 1.64 bits per heavy atom. The first-order chi connectivity index (χ1) is 4.95. The van der Waals surface area contributed by atoms with Crippen LogP contribution in [0.4, 0.5) is 0 Å². The smallest absolute Gasteiger partial charge is 0.176 e. The second-order valence-corrected chi connectivity index (χ2v) is 5.73. The van der Waals surface area contributed by atoms with Crippen LogP contribution in [0.3, 0.4) is 0 Å². The molecule has 0 saturated carbocycles. The van der Waals surface area contributed by atoms with Gasteiger partial charge in [-0.2, -0.15) is 0 Å². The quantitative estimate of drug-likeness (QED) is 0.533. The fourth-order valence-electron chi connectivity index (χ4n) is 0.881. The normalized spacial score (nSPS) is 15.0. The molecule has 1 unspecified atom stereocenters. The molecule has 0 heterocycles. The maximum atomic E-state index is 8.98. The average Bonchev–Trinajstić information content (AvgIpc) is 1.81. The third-order valence-corrected chi connectivity index (χ3v) is 3.46. The van der Waals surface area contributed by atoms with Gasteiger partial charge in [0.15, 0.2) is 7.50 Å². The second kappa shape index (κ2) is 5.33. The maximum absolute atomic E-state index is 8.98. The minimum absolute atomic E-state index is 0.417. The minimum atomic E-state index is -1.36. The van der Waals surface area contributed by atoms with Gasteiger partial charge in [-0.25, -0.2) is 4.31 Å². The van der Waals surface area contributed by atoms with Crippen LogP contribution in [-0.4, -0.2) is 21.3 Å². The summed E-state index contributed by atoms with van der Waals surface area (Å²) in [7, 11) is -1.36. The molecule has 1 atom stereocenters. The summed E-state index contributed by atoms with van der Waals surface area (Å²) >= 11 is 1.35. The number of hydrogen-bond donors (Lipinski definition) is 2. The van der Waals surface area contributed by atoms with Crippen LogP contribution in [0.1, 0.15) is 27.7 Å². The molecule has 0 fully saturated rings. The van der Waals surface area contributed by atoms with Crippen molar-refractivity contribution >= 4 is 19.1 Å². The molecule has 68 valence electrons. The average molecular weight is 196 g/mol. The Hall–Kier alpha value is 0.660. The number of hydrogen-bond acceptors (Lipinski definition) is 4. The molecule has 0 aliphatic rings. The lowest BCUT2D eigenvalue weighted by molar-refractivity contribution is 0.338. The number of rotatable bonds is 4. The van der Waals surface area contributed by atoms with E-state index in [-0.39, 0.29) is 0 Å². The Labute approximate surface area is 74.1 Å². The van der Waals surface area contributed by atoms with E-state index in [1.807, 2.05) is 0 Å². The van der Waals surface area contributed by atoms with Gasteiger partial charge in [-0.05, 0) is 39.3 Å². The number of nitrogens with zero attached hydrogens (tertiary/aromatic N) is 1. The minimum Gasteiger partial charge on any atom is -0.351 e. The number of nitrogens with two attached hydrogens (primary N) is 1. The topological polar surface area (TPSA) is 49.5 Å². The maximum Gasteiger partial charge on any atom is 0.176 e. The summed E-state index contributed by atoms with van der Waals surface area (Å²) in [6, 6.07) is 0.835. The van der Waals surface area contributed by atoms with Crippen molar-refractivity contribution in [3.63, 3.8) is 0 Å². The van der Waals surface area contributed by atoms with E-state index in [1.54, 1.807) is 0 Å². The molecule has 5 heteroatoms. The van der Waals surface area contributed by atoms with Crippen LogP contribution in [-0.2, 0) is 0 Å². The lowest BCUT2D eigenvalue weighted by Gasteiger charge is -2.29. The molecule has 0 amide bonds. The van der Waals surface area contributed by atoms with Crippen molar-refractivity contribution in [2.45, 2.75) is 39.8 Å². The van der Waals surface area contributed by atoms with Crippen molar-refractivity contribution in [3.8, 4) is 0 Å². The molecule has 0 bridgehead atoms. The first-order valence-corrected chi connectivity index (χ1v) is 6.39. The summed E-state index contributed by atoms with van der Waals surface area (Å²) < 4.78 is 2.10. The van der Waals surface area contributed by atoms with E-state index in [2.05, 4.69) is 32.0 Å². The van der Waals surface area contributed by atoms with Gasteiger partial charge < -0.3 is 4.89 Å². The molecule has 11 heavy (non-hydrogen) atoms. The standard InChI is InChI=1S/C6H17N2OPS/c1-5(2)8(6(3)4)11-10(7)9/h5-6,9H,7H2,1-4H3. The van der Waals surface area contributed by atoms with E-state index in [0.29, 0.717) is 12.1 Å². The third kappa shape index (κ3) is 4.99. The summed E-state index contributed by atoms with van der Waals surface area (Å²) in [5, 5.41) is 0. The SMILES string of the molecule is CC(C)N(SP(N)O)C(C)C. The van der Waals surface area contributed by atoms with Crippen molar-refractivity contribution < 1.29 is 4.89 Å². The monoisotopic (exact) mass is 196 g/mol. The Morgan fingerprint density at radius 3 is 1.73 bits per heavy atom. The first kappa shape index (κ1) is 11.7. The van der Waals surface area contributed by atoms with Gasteiger partial charge >= 0.3 is 0 Å². The van der Waals surface area contributed by atoms with Crippen molar-refractivity contribution in [1.29, 1.82) is 0 Å². The molecule has 0 aliphatic carbocycles. The zero-order valence-electron chi connectivity index (χ0n) is 7.48. The van der Waals surface area contributed by atoms with Crippen LogP contribution in [0.5, 0.6) is 0 Å². The molecule has 0 aromatic carbocycles. The highest BCUT2D eigenvalue weighted by Crippen LogP contribution is 2.41. The summed E-state index contributed by atoms with van der Waals surface area (Å²) in [5.74, 6) is 0. The van der Waals surface area contributed by atoms with Crippen molar-refractivity contribution in [2.24, 2.45) is 5.50 Å². The molecule has 0 aromatic rings. The highest BCUT2D eigenvalue weighted by atomic mass is 32.7. The van der Waals surface area contributed by atoms with E-state index in [9.17, 15) is 0 Å². The highest BCUT2D eigenvalue weighted by molar-refractivity contribution is 8.52. The summed E-state index contributed by atoms with van der Waals surface area (Å²) in [5.41, 5.74) is 5.31. The summed E-state index contributed by atoms with van der Waals surface area (Å²) in [4.78, 5) is 8.98. The van der Waals surface area contributed by atoms with Crippen LogP contribution >= 0.6 is 19.1 Å². The zero-order chi connectivity index (χ0) is 9.02. The fourth-order valence-corrected chi connectivity index (χ4v) is 3.16. The Morgan fingerprint density at radius 1 is 1.27 bits per heavy atom. The van der Waals surface area contributed by atoms with Gasteiger partial charge in [0.25, 0.3) is 0 Å². The van der Waals surface area contributed by atoms with Gasteiger partial charge in [0.2, 0.25) is 0 Å². The fraction of sp³-hybridized carbons (Fsp3) is 1.00. The third-order valence-electron chi connectivity index (χ3n) is 1.20. The predicted molar refractivity (Wildman–Crippen MR) is 53.0 cm³/mol. The van der Waals surface area contributed by atoms with Gasteiger partial charge in [0.05, 0.1) is 0 Å².